The predicted octanol–water partition coefficient (Wildman–Crippen LogP) is 4.97. The molecule has 2 amide bonds. The molecule has 7 heteroatoms. The fourth-order valence-electron chi connectivity index (χ4n) is 4.05. The highest BCUT2D eigenvalue weighted by Crippen LogP contribution is 2.27. The maximum Gasteiger partial charge on any atom is 0.270 e. The van der Waals surface area contributed by atoms with Crippen molar-refractivity contribution < 1.29 is 14.0 Å². The summed E-state index contributed by atoms with van der Waals surface area (Å²) < 4.78 is 15.5. The third-order valence-electron chi connectivity index (χ3n) is 5.78. The Morgan fingerprint density at radius 1 is 0.971 bits per heavy atom. The number of benzene rings is 3. The van der Waals surface area contributed by atoms with E-state index in [1.807, 2.05) is 37.4 Å². The van der Waals surface area contributed by atoms with E-state index in [4.69, 9.17) is 12.2 Å². The number of halogens is 1. The Kier molecular flexibility index (Phi) is 5.55. The van der Waals surface area contributed by atoms with Crippen LogP contribution in [0.5, 0.6) is 0 Å². The predicted molar refractivity (Wildman–Crippen MR) is 135 cm³/mol. The first-order chi connectivity index (χ1) is 16.4. The van der Waals surface area contributed by atoms with E-state index in [0.29, 0.717) is 12.2 Å². The van der Waals surface area contributed by atoms with Crippen molar-refractivity contribution in [2.45, 2.75) is 13.5 Å². The van der Waals surface area contributed by atoms with Crippen LogP contribution in [0.2, 0.25) is 0 Å². The van der Waals surface area contributed by atoms with E-state index in [1.165, 1.54) is 34.7 Å². The van der Waals surface area contributed by atoms with E-state index in [2.05, 4.69) is 34.1 Å². The summed E-state index contributed by atoms with van der Waals surface area (Å²) in [6.45, 7) is 2.70. The molecular weight excluding hydrogens is 449 g/mol. The summed E-state index contributed by atoms with van der Waals surface area (Å²) in [6, 6.07) is 21.5. The zero-order valence-electron chi connectivity index (χ0n) is 18.3. The minimum atomic E-state index is -0.566. The highest BCUT2D eigenvalue weighted by Gasteiger charge is 2.34. The number of hydrogen-bond acceptors (Lipinski definition) is 3. The highest BCUT2D eigenvalue weighted by atomic mass is 32.1. The van der Waals surface area contributed by atoms with Gasteiger partial charge in [0.1, 0.15) is 11.4 Å². The van der Waals surface area contributed by atoms with E-state index in [-0.39, 0.29) is 10.7 Å². The number of hydrogen-bond donors (Lipinski definition) is 1. The number of nitrogens with one attached hydrogen (secondary N) is 1. The van der Waals surface area contributed by atoms with Gasteiger partial charge in [0.2, 0.25) is 0 Å². The second-order valence-corrected chi connectivity index (χ2v) is 8.54. The molecule has 1 saturated heterocycles. The topological polar surface area (TPSA) is 54.3 Å². The van der Waals surface area contributed by atoms with Crippen molar-refractivity contribution in [3.05, 3.63) is 107 Å². The molecule has 1 aliphatic rings. The Labute approximate surface area is 201 Å². The lowest BCUT2D eigenvalue weighted by molar-refractivity contribution is -0.122. The Hall–Kier alpha value is -4.10. The molecule has 1 aromatic heterocycles. The summed E-state index contributed by atoms with van der Waals surface area (Å²) in [6.07, 6.45) is 3.52. The molecule has 1 fully saturated rings. The van der Waals surface area contributed by atoms with Crippen LogP contribution >= 0.6 is 12.2 Å². The van der Waals surface area contributed by atoms with Gasteiger partial charge in [-0.15, -0.1) is 0 Å². The van der Waals surface area contributed by atoms with Gasteiger partial charge in [-0.05, 0) is 61.1 Å². The lowest BCUT2D eigenvalue weighted by Gasteiger charge is -2.28. The van der Waals surface area contributed by atoms with Crippen LogP contribution in [0.25, 0.3) is 17.0 Å². The van der Waals surface area contributed by atoms with Crippen molar-refractivity contribution in [1.29, 1.82) is 0 Å². The first kappa shape index (κ1) is 21.7. The molecule has 168 valence electrons. The van der Waals surface area contributed by atoms with Gasteiger partial charge in [-0.2, -0.15) is 0 Å². The number of fused-ring (bicyclic) bond motifs is 1. The van der Waals surface area contributed by atoms with Gasteiger partial charge in [0.05, 0.1) is 5.69 Å². The number of amides is 2. The number of carbonyl (C=O) groups excluding carboxylic acids is 2. The summed E-state index contributed by atoms with van der Waals surface area (Å²) >= 11 is 5.22. The Balaban J connectivity index is 1.56. The first-order valence-electron chi connectivity index (χ1n) is 10.7. The summed E-state index contributed by atoms with van der Waals surface area (Å²) in [5.41, 5.74) is 4.40. The monoisotopic (exact) mass is 469 g/mol. The fraction of sp³-hybridized carbons (Fsp3) is 0.0741. The molecule has 34 heavy (non-hydrogen) atoms. The number of rotatable bonds is 4. The van der Waals surface area contributed by atoms with Gasteiger partial charge in [0.15, 0.2) is 5.11 Å². The SMILES string of the molecule is Cc1ccc(Cn2cc(/C=C3\C(=O)NC(=S)N(c4ccc(F)cc4)C3=O)c3ccccc32)cc1. The average Bonchev–Trinajstić information content (AvgIpc) is 3.16. The van der Waals surface area contributed by atoms with Gasteiger partial charge in [-0.1, -0.05) is 48.0 Å². The smallest absolute Gasteiger partial charge is 0.270 e. The average molecular weight is 470 g/mol. The van der Waals surface area contributed by atoms with Crippen LogP contribution in [0, 0.1) is 12.7 Å². The zero-order valence-corrected chi connectivity index (χ0v) is 19.1. The standard InChI is InChI=1S/C27H20FN3O2S/c1-17-6-8-18(9-7-17)15-30-16-19(22-4-2-3-5-24(22)30)14-23-25(32)29-27(34)31(26(23)33)21-12-10-20(28)11-13-21/h2-14,16H,15H2,1H3,(H,29,32,34)/b23-14+. The number of thiocarbonyl (C=S) groups is 1. The molecule has 0 unspecified atom stereocenters. The van der Waals surface area contributed by atoms with Gasteiger partial charge in [0, 0.05) is 29.2 Å². The molecule has 0 aliphatic carbocycles. The van der Waals surface area contributed by atoms with Crippen molar-refractivity contribution >= 4 is 51.8 Å². The van der Waals surface area contributed by atoms with Crippen molar-refractivity contribution in [2.24, 2.45) is 0 Å². The first-order valence-corrected chi connectivity index (χ1v) is 11.1. The van der Waals surface area contributed by atoms with Crippen molar-refractivity contribution in [1.82, 2.24) is 9.88 Å². The number of aryl methyl sites for hydroxylation is 1. The zero-order chi connectivity index (χ0) is 23.8. The maximum atomic E-state index is 13.4. The summed E-state index contributed by atoms with van der Waals surface area (Å²) in [4.78, 5) is 27.2. The maximum absolute atomic E-state index is 13.4. The fourth-order valence-corrected chi connectivity index (χ4v) is 4.33. The molecule has 0 spiro atoms. The summed E-state index contributed by atoms with van der Waals surface area (Å²) in [5.74, 6) is -1.56. The lowest BCUT2D eigenvalue weighted by Crippen LogP contribution is -2.54. The Morgan fingerprint density at radius 2 is 1.68 bits per heavy atom. The van der Waals surface area contributed by atoms with E-state index >= 15 is 0 Å². The van der Waals surface area contributed by atoms with Crippen LogP contribution in [0.3, 0.4) is 0 Å². The van der Waals surface area contributed by atoms with Crippen LogP contribution < -0.4 is 10.2 Å². The molecule has 0 radical (unpaired) electrons. The van der Waals surface area contributed by atoms with Gasteiger partial charge >= 0.3 is 0 Å². The molecule has 3 aromatic carbocycles. The Bertz CT molecular complexity index is 1470. The number of aromatic nitrogens is 1. The second kappa shape index (κ2) is 8.68. The van der Waals surface area contributed by atoms with Crippen LogP contribution in [0.15, 0.2) is 84.6 Å². The van der Waals surface area contributed by atoms with Crippen LogP contribution in [-0.2, 0) is 16.1 Å². The largest absolute Gasteiger partial charge is 0.342 e. The van der Waals surface area contributed by atoms with Crippen LogP contribution in [-0.4, -0.2) is 21.5 Å². The van der Waals surface area contributed by atoms with Gasteiger partial charge in [-0.3, -0.25) is 19.8 Å². The van der Waals surface area contributed by atoms with Crippen molar-refractivity contribution in [3.63, 3.8) is 0 Å². The van der Waals surface area contributed by atoms with E-state index in [9.17, 15) is 14.0 Å². The normalized spacial score (nSPS) is 15.3. The second-order valence-electron chi connectivity index (χ2n) is 8.15. The third kappa shape index (κ3) is 4.02. The number of nitrogens with zero attached hydrogens (tertiary/aromatic N) is 2. The van der Waals surface area contributed by atoms with Crippen molar-refractivity contribution in [2.75, 3.05) is 4.90 Å². The Morgan fingerprint density at radius 3 is 2.41 bits per heavy atom. The molecule has 0 atom stereocenters. The molecule has 1 N–H and O–H groups in total. The quantitative estimate of drug-likeness (QED) is 0.261. The van der Waals surface area contributed by atoms with Gasteiger partial charge in [-0.25, -0.2) is 4.39 Å². The van der Waals surface area contributed by atoms with E-state index in [0.717, 1.165) is 22.0 Å². The number of carbonyl (C=O) groups is 2. The molecular formula is C27H20FN3O2S. The van der Waals surface area contributed by atoms with E-state index < -0.39 is 17.6 Å². The highest BCUT2D eigenvalue weighted by molar-refractivity contribution is 7.80. The number of anilines is 1. The van der Waals surface area contributed by atoms with Crippen LogP contribution in [0.4, 0.5) is 10.1 Å². The lowest BCUT2D eigenvalue weighted by atomic mass is 10.1. The van der Waals surface area contributed by atoms with E-state index in [1.54, 1.807) is 6.08 Å². The van der Waals surface area contributed by atoms with Gasteiger partial charge < -0.3 is 4.57 Å². The minimum absolute atomic E-state index is 0.0412. The molecule has 0 bridgehead atoms. The van der Waals surface area contributed by atoms with Gasteiger partial charge in [0.25, 0.3) is 11.8 Å². The molecule has 2 heterocycles. The molecule has 0 saturated carbocycles. The third-order valence-corrected chi connectivity index (χ3v) is 6.06. The molecule has 1 aliphatic heterocycles. The molecule has 5 rings (SSSR count). The molecule has 4 aromatic rings. The minimum Gasteiger partial charge on any atom is -0.342 e. The van der Waals surface area contributed by atoms with Crippen LogP contribution in [0.1, 0.15) is 16.7 Å². The number of para-hydroxylation sites is 1. The summed E-state index contributed by atoms with van der Waals surface area (Å²) in [7, 11) is 0. The van der Waals surface area contributed by atoms with Crippen molar-refractivity contribution in [3.8, 4) is 0 Å². The summed E-state index contributed by atoms with van der Waals surface area (Å²) in [5, 5.41) is 3.45. The molecule has 5 nitrogen and oxygen atoms in total.